The number of anilines is 2. The highest BCUT2D eigenvalue weighted by atomic mass is 79.9. The molecule has 0 radical (unpaired) electrons. The SMILES string of the molecule is CC1=C(C(=O)Nc2ccccc2C)C(c2cccs2)n2c(s/c(=C3\C(=O)Nc4ccc(Br)cc43)c2=O)=N1. The molecule has 37 heavy (non-hydrogen) atoms. The number of thiazole rings is 1. The van der Waals surface area contributed by atoms with Crippen molar-refractivity contribution in [2.45, 2.75) is 19.9 Å². The molecular formula is C27H19BrN4O3S2. The maximum atomic E-state index is 14.0. The number of hydrogen-bond donors (Lipinski definition) is 2. The Balaban J connectivity index is 1.56. The minimum absolute atomic E-state index is 0.294. The summed E-state index contributed by atoms with van der Waals surface area (Å²) < 4.78 is 2.64. The zero-order valence-electron chi connectivity index (χ0n) is 19.7. The van der Waals surface area contributed by atoms with Gasteiger partial charge in [0.15, 0.2) is 4.80 Å². The van der Waals surface area contributed by atoms with Crippen molar-refractivity contribution < 1.29 is 9.59 Å². The van der Waals surface area contributed by atoms with Gasteiger partial charge >= 0.3 is 0 Å². The highest BCUT2D eigenvalue weighted by Crippen LogP contribution is 2.35. The van der Waals surface area contributed by atoms with Crippen molar-refractivity contribution in [3.05, 3.63) is 111 Å². The van der Waals surface area contributed by atoms with Crippen LogP contribution >= 0.6 is 38.6 Å². The summed E-state index contributed by atoms with van der Waals surface area (Å²) in [6.45, 7) is 3.70. The first-order valence-electron chi connectivity index (χ1n) is 11.4. The van der Waals surface area contributed by atoms with Gasteiger partial charge in [0.05, 0.1) is 16.8 Å². The van der Waals surface area contributed by atoms with E-state index in [0.717, 1.165) is 14.9 Å². The molecule has 0 aliphatic carbocycles. The van der Waals surface area contributed by atoms with Crippen LogP contribution in [0.5, 0.6) is 0 Å². The molecule has 2 amide bonds. The number of aryl methyl sites for hydroxylation is 1. The quantitative estimate of drug-likeness (QED) is 0.372. The Morgan fingerprint density at radius 1 is 1.11 bits per heavy atom. The molecule has 0 bridgehead atoms. The van der Waals surface area contributed by atoms with Crippen molar-refractivity contribution >= 4 is 67.4 Å². The maximum Gasteiger partial charge on any atom is 0.272 e. The molecule has 2 aromatic heterocycles. The summed E-state index contributed by atoms with van der Waals surface area (Å²) >= 11 is 6.09. The van der Waals surface area contributed by atoms with Crippen molar-refractivity contribution in [3.8, 4) is 0 Å². The number of hydrogen-bond acceptors (Lipinski definition) is 6. The fourth-order valence-corrected chi connectivity index (χ4v) is 6.97. The third-order valence-electron chi connectivity index (χ3n) is 6.40. The molecule has 10 heteroatoms. The molecule has 0 fully saturated rings. The van der Waals surface area contributed by atoms with Crippen molar-refractivity contribution in [3.63, 3.8) is 0 Å². The second-order valence-electron chi connectivity index (χ2n) is 8.71. The molecule has 0 saturated heterocycles. The molecule has 2 aromatic carbocycles. The van der Waals surface area contributed by atoms with E-state index >= 15 is 0 Å². The van der Waals surface area contributed by atoms with Crippen LogP contribution in [0.4, 0.5) is 11.4 Å². The number of rotatable bonds is 3. The van der Waals surface area contributed by atoms with E-state index in [2.05, 4.69) is 31.6 Å². The van der Waals surface area contributed by atoms with E-state index in [1.54, 1.807) is 17.6 Å². The Morgan fingerprint density at radius 2 is 1.92 bits per heavy atom. The van der Waals surface area contributed by atoms with E-state index in [4.69, 9.17) is 0 Å². The molecule has 2 aliphatic rings. The lowest BCUT2D eigenvalue weighted by Crippen LogP contribution is -2.41. The largest absolute Gasteiger partial charge is 0.322 e. The summed E-state index contributed by atoms with van der Waals surface area (Å²) in [4.78, 5) is 46.6. The molecule has 184 valence electrons. The minimum atomic E-state index is -0.666. The van der Waals surface area contributed by atoms with Gasteiger partial charge in [0.1, 0.15) is 10.6 Å². The summed E-state index contributed by atoms with van der Waals surface area (Å²) in [5.74, 6) is -0.654. The van der Waals surface area contributed by atoms with Crippen LogP contribution in [0, 0.1) is 6.92 Å². The number of benzene rings is 2. The number of halogens is 1. The Bertz CT molecular complexity index is 1830. The van der Waals surface area contributed by atoms with Gasteiger partial charge in [-0.25, -0.2) is 4.99 Å². The molecule has 2 aliphatic heterocycles. The smallest absolute Gasteiger partial charge is 0.272 e. The molecule has 2 N–H and O–H groups in total. The zero-order chi connectivity index (χ0) is 25.8. The molecule has 7 nitrogen and oxygen atoms in total. The predicted octanol–water partition coefficient (Wildman–Crippen LogP) is 4.33. The second kappa shape index (κ2) is 9.05. The average Bonchev–Trinajstić information content (AvgIpc) is 3.57. The average molecular weight is 592 g/mol. The standard InChI is InChI=1S/C27H19BrN4O3S2/c1-13-6-3-4-7-17(13)30-24(33)20-14(2)29-27-32(22(20)19-8-5-11-36-19)26(35)23(37-27)21-16-12-15(28)9-10-18(16)31-25(21)34/h3-12,22H,1-2H3,(H,30,33)(H,31,34)/b23-21-. The van der Waals surface area contributed by atoms with E-state index in [-0.39, 0.29) is 17.4 Å². The van der Waals surface area contributed by atoms with Crippen molar-refractivity contribution in [2.75, 3.05) is 10.6 Å². The van der Waals surface area contributed by atoms with Crippen LogP contribution in [0.15, 0.2) is 85.5 Å². The van der Waals surface area contributed by atoms with Gasteiger partial charge in [0.2, 0.25) is 0 Å². The highest BCUT2D eigenvalue weighted by Gasteiger charge is 2.35. The predicted molar refractivity (Wildman–Crippen MR) is 150 cm³/mol. The van der Waals surface area contributed by atoms with Crippen LogP contribution in [0.3, 0.4) is 0 Å². The van der Waals surface area contributed by atoms with E-state index in [9.17, 15) is 14.4 Å². The van der Waals surface area contributed by atoms with E-state index < -0.39 is 6.04 Å². The van der Waals surface area contributed by atoms with Crippen molar-refractivity contribution in [2.24, 2.45) is 4.99 Å². The Kier molecular flexibility index (Phi) is 5.82. The Morgan fingerprint density at radius 3 is 2.68 bits per heavy atom. The summed E-state index contributed by atoms with van der Waals surface area (Å²) in [5, 5.41) is 7.76. The number of thiophene rings is 1. The van der Waals surface area contributed by atoms with Gasteiger partial charge in [-0.05, 0) is 55.1 Å². The number of nitrogens with one attached hydrogen (secondary N) is 2. The zero-order valence-corrected chi connectivity index (χ0v) is 22.9. The highest BCUT2D eigenvalue weighted by molar-refractivity contribution is 9.10. The van der Waals surface area contributed by atoms with Gasteiger partial charge in [0.25, 0.3) is 17.4 Å². The number of amides is 2. The summed E-state index contributed by atoms with van der Waals surface area (Å²) in [6.07, 6.45) is 0. The second-order valence-corrected chi connectivity index (χ2v) is 11.6. The van der Waals surface area contributed by atoms with Crippen LogP contribution in [0.1, 0.15) is 29.0 Å². The first kappa shape index (κ1) is 23.8. The molecule has 0 spiro atoms. The molecular weight excluding hydrogens is 572 g/mol. The summed E-state index contributed by atoms with van der Waals surface area (Å²) in [7, 11) is 0. The number of carbonyl (C=O) groups excluding carboxylic acids is 2. The molecule has 0 saturated carbocycles. The van der Waals surface area contributed by atoms with Gasteiger partial charge in [-0.3, -0.25) is 19.0 Å². The normalized spacial score (nSPS) is 17.7. The third kappa shape index (κ3) is 3.92. The minimum Gasteiger partial charge on any atom is -0.322 e. The number of para-hydroxylation sites is 1. The Hall–Kier alpha value is -3.60. The van der Waals surface area contributed by atoms with Gasteiger partial charge < -0.3 is 10.6 Å². The fourth-order valence-electron chi connectivity index (χ4n) is 4.65. The van der Waals surface area contributed by atoms with Crippen LogP contribution < -0.4 is 25.5 Å². The van der Waals surface area contributed by atoms with Gasteiger partial charge in [-0.2, -0.15) is 0 Å². The van der Waals surface area contributed by atoms with E-state index in [1.165, 1.54) is 22.7 Å². The molecule has 4 aromatic rings. The third-order valence-corrected chi connectivity index (χ3v) is 8.87. The van der Waals surface area contributed by atoms with Crippen molar-refractivity contribution in [1.82, 2.24) is 4.57 Å². The van der Waals surface area contributed by atoms with E-state index in [0.29, 0.717) is 43.1 Å². The topological polar surface area (TPSA) is 92.6 Å². The van der Waals surface area contributed by atoms with Crippen LogP contribution in [0.25, 0.3) is 5.57 Å². The maximum absolute atomic E-state index is 14.0. The molecule has 4 heterocycles. The molecule has 6 rings (SSSR count). The van der Waals surface area contributed by atoms with Crippen LogP contribution in [-0.4, -0.2) is 16.4 Å². The number of aromatic nitrogens is 1. The first-order valence-corrected chi connectivity index (χ1v) is 13.9. The number of fused-ring (bicyclic) bond motifs is 2. The number of nitrogens with zero attached hydrogens (tertiary/aromatic N) is 2. The first-order chi connectivity index (χ1) is 17.8. The van der Waals surface area contributed by atoms with Crippen molar-refractivity contribution in [1.29, 1.82) is 0 Å². The number of carbonyl (C=O) groups is 2. The monoisotopic (exact) mass is 590 g/mol. The summed E-state index contributed by atoms with van der Waals surface area (Å²) in [5.41, 5.74) is 3.82. The van der Waals surface area contributed by atoms with Gasteiger partial charge in [0, 0.05) is 26.3 Å². The Labute approximate surface area is 227 Å². The summed E-state index contributed by atoms with van der Waals surface area (Å²) in [6, 6.07) is 16.1. The van der Waals surface area contributed by atoms with Gasteiger partial charge in [-0.1, -0.05) is 51.5 Å². The van der Waals surface area contributed by atoms with Crippen LogP contribution in [0.2, 0.25) is 0 Å². The molecule has 1 unspecified atom stereocenters. The fraction of sp³-hybridized carbons (Fsp3) is 0.111. The van der Waals surface area contributed by atoms with E-state index in [1.807, 2.05) is 60.8 Å². The lowest BCUT2D eigenvalue weighted by Gasteiger charge is -2.24. The lowest BCUT2D eigenvalue weighted by molar-refractivity contribution is -0.113. The lowest BCUT2D eigenvalue weighted by atomic mass is 10.0. The number of allylic oxidation sites excluding steroid dienone is 1. The van der Waals surface area contributed by atoms with Crippen LogP contribution in [-0.2, 0) is 9.59 Å². The molecule has 1 atom stereocenters. The van der Waals surface area contributed by atoms with Gasteiger partial charge in [-0.15, -0.1) is 11.3 Å².